The smallest absolute Gasteiger partial charge is 0.341 e. The van der Waals surface area contributed by atoms with Crippen LogP contribution in [0.25, 0.3) is 6.08 Å². The number of rotatable bonds is 5. The minimum atomic E-state index is -1.03. The largest absolute Gasteiger partial charge is 0.477 e. The first-order valence-electron chi connectivity index (χ1n) is 6.14. The third kappa shape index (κ3) is 3.41. The summed E-state index contributed by atoms with van der Waals surface area (Å²) >= 11 is 0. The molecule has 0 radical (unpaired) electrons. The molecule has 0 fully saturated rings. The number of likely N-dealkylation sites (N-methyl/N-ethyl adjacent to an activating group) is 1. The van der Waals surface area contributed by atoms with Gasteiger partial charge in [0.25, 0.3) is 0 Å². The Morgan fingerprint density at radius 3 is 2.80 bits per heavy atom. The molecule has 0 aliphatic rings. The molecule has 2 rings (SSSR count). The van der Waals surface area contributed by atoms with Gasteiger partial charge in [-0.3, -0.25) is 0 Å². The Balaban J connectivity index is 2.07. The average Bonchev–Trinajstić information content (AvgIpc) is 2.48. The minimum absolute atomic E-state index is 0.100. The van der Waals surface area contributed by atoms with Gasteiger partial charge in [0.05, 0.1) is 0 Å². The summed E-state index contributed by atoms with van der Waals surface area (Å²) in [4.78, 5) is 20.6. The van der Waals surface area contributed by atoms with Crippen LogP contribution in [-0.2, 0) is 0 Å². The number of hydrogen-bond acceptors (Lipinski definition) is 4. The Bertz CT molecular complexity index is 612. The number of carbonyl (C=O) groups is 1. The van der Waals surface area contributed by atoms with Crippen molar-refractivity contribution in [2.45, 2.75) is 0 Å². The van der Waals surface area contributed by atoms with E-state index in [0.29, 0.717) is 12.4 Å². The fourth-order valence-corrected chi connectivity index (χ4v) is 1.78. The molecule has 0 aliphatic heterocycles. The van der Waals surface area contributed by atoms with E-state index >= 15 is 0 Å². The molecule has 0 saturated carbocycles. The summed E-state index contributed by atoms with van der Waals surface area (Å²) in [6.45, 7) is 0.562. The average molecular weight is 269 g/mol. The van der Waals surface area contributed by atoms with Crippen molar-refractivity contribution in [2.75, 3.05) is 18.5 Å². The molecule has 20 heavy (non-hydrogen) atoms. The first-order chi connectivity index (χ1) is 9.68. The van der Waals surface area contributed by atoms with E-state index in [4.69, 9.17) is 5.11 Å². The molecule has 0 spiro atoms. The van der Waals surface area contributed by atoms with Crippen LogP contribution in [0.15, 0.2) is 48.9 Å². The lowest BCUT2D eigenvalue weighted by Gasteiger charge is -2.17. The second kappa shape index (κ2) is 6.47. The second-order valence-electron chi connectivity index (χ2n) is 4.26. The maximum absolute atomic E-state index is 11.1. The van der Waals surface area contributed by atoms with Crippen LogP contribution in [0.5, 0.6) is 0 Å². The number of anilines is 1. The van der Waals surface area contributed by atoms with Crippen molar-refractivity contribution in [3.8, 4) is 0 Å². The highest BCUT2D eigenvalue weighted by Crippen LogP contribution is 2.14. The molecule has 1 N–H and O–H groups in total. The number of nitrogens with zero attached hydrogens (tertiary/aromatic N) is 3. The van der Waals surface area contributed by atoms with Gasteiger partial charge in [0.1, 0.15) is 17.7 Å². The van der Waals surface area contributed by atoms with Crippen LogP contribution < -0.4 is 4.90 Å². The summed E-state index contributed by atoms with van der Waals surface area (Å²) < 4.78 is 0. The number of aromatic carboxylic acids is 1. The molecular formula is C15H15N3O2. The molecule has 0 unspecified atom stereocenters. The molecule has 0 atom stereocenters. The number of carboxylic acids is 1. The lowest BCUT2D eigenvalue weighted by atomic mass is 10.2. The standard InChI is InChI=1S/C15H15N3O2/c1-18(9-5-8-12-6-3-2-4-7-12)14-13(15(19)20)10-16-11-17-14/h2-8,10-11H,9H2,1H3,(H,19,20). The van der Waals surface area contributed by atoms with Crippen molar-refractivity contribution in [2.24, 2.45) is 0 Å². The van der Waals surface area contributed by atoms with Crippen LogP contribution in [-0.4, -0.2) is 34.6 Å². The summed E-state index contributed by atoms with van der Waals surface area (Å²) in [5, 5.41) is 9.09. The second-order valence-corrected chi connectivity index (χ2v) is 4.26. The highest BCUT2D eigenvalue weighted by atomic mass is 16.4. The SMILES string of the molecule is CN(CC=Cc1ccccc1)c1ncncc1C(=O)O. The zero-order chi connectivity index (χ0) is 14.4. The highest BCUT2D eigenvalue weighted by molar-refractivity contribution is 5.92. The van der Waals surface area contributed by atoms with Crippen LogP contribution in [0, 0.1) is 0 Å². The van der Waals surface area contributed by atoms with Gasteiger partial charge in [-0.2, -0.15) is 0 Å². The fourth-order valence-electron chi connectivity index (χ4n) is 1.78. The zero-order valence-corrected chi connectivity index (χ0v) is 11.1. The van der Waals surface area contributed by atoms with E-state index < -0.39 is 5.97 Å². The molecule has 1 aromatic heterocycles. The molecule has 0 saturated heterocycles. The van der Waals surface area contributed by atoms with Gasteiger partial charge in [-0.1, -0.05) is 42.5 Å². The molecule has 0 aliphatic carbocycles. The van der Waals surface area contributed by atoms with Crippen molar-refractivity contribution in [3.63, 3.8) is 0 Å². The summed E-state index contributed by atoms with van der Waals surface area (Å²) in [6.07, 6.45) is 6.60. The first kappa shape index (κ1) is 13.7. The summed E-state index contributed by atoms with van der Waals surface area (Å²) in [5.41, 5.74) is 1.20. The third-order valence-corrected chi connectivity index (χ3v) is 2.77. The van der Waals surface area contributed by atoms with Crippen molar-refractivity contribution < 1.29 is 9.90 Å². The van der Waals surface area contributed by atoms with E-state index in [9.17, 15) is 4.79 Å². The van der Waals surface area contributed by atoms with Crippen molar-refractivity contribution >= 4 is 17.9 Å². The fraction of sp³-hybridized carbons (Fsp3) is 0.133. The van der Waals surface area contributed by atoms with Gasteiger partial charge in [-0.15, -0.1) is 0 Å². The molecule has 5 nitrogen and oxygen atoms in total. The predicted molar refractivity (Wildman–Crippen MR) is 77.7 cm³/mol. The molecule has 5 heteroatoms. The summed E-state index contributed by atoms with van der Waals surface area (Å²) in [5.74, 6) is -0.621. The van der Waals surface area contributed by atoms with Crippen molar-refractivity contribution in [1.29, 1.82) is 0 Å². The van der Waals surface area contributed by atoms with Gasteiger partial charge >= 0.3 is 5.97 Å². The van der Waals surface area contributed by atoms with Crippen LogP contribution in [0.1, 0.15) is 15.9 Å². The van der Waals surface area contributed by atoms with Crippen molar-refractivity contribution in [3.05, 3.63) is 60.1 Å². The Hall–Kier alpha value is -2.69. The van der Waals surface area contributed by atoms with Crippen LogP contribution in [0.4, 0.5) is 5.82 Å². The molecule has 0 amide bonds. The van der Waals surface area contributed by atoms with Gasteiger partial charge in [-0.25, -0.2) is 14.8 Å². The summed E-state index contributed by atoms with van der Waals surface area (Å²) in [6, 6.07) is 9.91. The highest BCUT2D eigenvalue weighted by Gasteiger charge is 2.13. The van der Waals surface area contributed by atoms with E-state index in [-0.39, 0.29) is 5.56 Å². The van der Waals surface area contributed by atoms with E-state index in [0.717, 1.165) is 5.56 Å². The molecule has 1 heterocycles. The number of carboxylic acid groups (broad SMARTS) is 1. The number of aromatic nitrogens is 2. The molecule has 2 aromatic rings. The van der Waals surface area contributed by atoms with Gasteiger partial charge in [-0.05, 0) is 5.56 Å². The predicted octanol–water partition coefficient (Wildman–Crippen LogP) is 2.32. The molecule has 1 aromatic carbocycles. The Kier molecular flexibility index (Phi) is 4.44. The Morgan fingerprint density at radius 2 is 2.10 bits per heavy atom. The van der Waals surface area contributed by atoms with Gasteiger partial charge < -0.3 is 10.0 Å². The summed E-state index contributed by atoms with van der Waals surface area (Å²) in [7, 11) is 1.80. The van der Waals surface area contributed by atoms with E-state index in [2.05, 4.69) is 9.97 Å². The number of benzene rings is 1. The van der Waals surface area contributed by atoms with Gasteiger partial charge in [0.15, 0.2) is 0 Å². The van der Waals surface area contributed by atoms with Gasteiger partial charge in [0.2, 0.25) is 0 Å². The van der Waals surface area contributed by atoms with E-state index in [1.165, 1.54) is 12.5 Å². The van der Waals surface area contributed by atoms with Crippen molar-refractivity contribution in [1.82, 2.24) is 9.97 Å². The molecule has 0 bridgehead atoms. The van der Waals surface area contributed by atoms with E-state index in [1.54, 1.807) is 11.9 Å². The molecule has 102 valence electrons. The first-order valence-corrected chi connectivity index (χ1v) is 6.14. The minimum Gasteiger partial charge on any atom is -0.477 e. The Morgan fingerprint density at radius 1 is 1.35 bits per heavy atom. The van der Waals surface area contributed by atoms with Crippen LogP contribution in [0.3, 0.4) is 0 Å². The number of hydrogen-bond donors (Lipinski definition) is 1. The topological polar surface area (TPSA) is 66.3 Å². The third-order valence-electron chi connectivity index (χ3n) is 2.77. The lowest BCUT2D eigenvalue weighted by Crippen LogP contribution is -2.21. The van der Waals surface area contributed by atoms with Crippen LogP contribution in [0.2, 0.25) is 0 Å². The lowest BCUT2D eigenvalue weighted by molar-refractivity contribution is 0.0696. The molecular weight excluding hydrogens is 254 g/mol. The van der Waals surface area contributed by atoms with Crippen LogP contribution >= 0.6 is 0 Å². The maximum Gasteiger partial charge on any atom is 0.341 e. The maximum atomic E-state index is 11.1. The normalized spacial score (nSPS) is 10.7. The van der Waals surface area contributed by atoms with Gasteiger partial charge in [0, 0.05) is 19.8 Å². The Labute approximate surface area is 117 Å². The van der Waals surface area contributed by atoms with E-state index in [1.807, 2.05) is 42.5 Å². The monoisotopic (exact) mass is 269 g/mol. The zero-order valence-electron chi connectivity index (χ0n) is 11.1. The quantitative estimate of drug-likeness (QED) is 0.902.